The van der Waals surface area contributed by atoms with Crippen LogP contribution in [0, 0.1) is 3.57 Å². The second-order valence-corrected chi connectivity index (χ2v) is 3.85. The molecule has 0 unspecified atom stereocenters. The first-order valence-corrected chi connectivity index (χ1v) is 4.97. The van der Waals surface area contributed by atoms with E-state index in [4.69, 9.17) is 16.1 Å². The molecule has 0 N–H and O–H groups in total. The van der Waals surface area contributed by atoms with E-state index in [9.17, 15) is 0 Å². The molecule has 5 heteroatoms. The van der Waals surface area contributed by atoms with E-state index in [1.54, 1.807) is 0 Å². The van der Waals surface area contributed by atoms with Crippen molar-refractivity contribution in [1.82, 2.24) is 10.1 Å². The van der Waals surface area contributed by atoms with E-state index < -0.39 is 0 Å². The fraction of sp³-hybridized carbons (Fsp3) is 0. The fourth-order valence-electron chi connectivity index (χ4n) is 0.950. The molecule has 0 aliphatic heterocycles. The molecule has 0 aliphatic carbocycles. The molecule has 0 aliphatic rings. The third-order valence-electron chi connectivity index (χ3n) is 1.51. The van der Waals surface area contributed by atoms with Gasteiger partial charge in [0, 0.05) is 3.57 Å². The highest BCUT2D eigenvalue weighted by molar-refractivity contribution is 14.1. The molecular formula is C8H4ClIN2O. The van der Waals surface area contributed by atoms with Crippen molar-refractivity contribution in [3.63, 3.8) is 0 Å². The maximum Gasteiger partial charge on any atom is 0.264 e. The maximum absolute atomic E-state index is 5.54. The number of benzene rings is 1. The zero-order valence-corrected chi connectivity index (χ0v) is 9.28. The summed E-state index contributed by atoms with van der Waals surface area (Å²) in [5.74, 6) is 0.454. The average molecular weight is 306 g/mol. The van der Waals surface area contributed by atoms with E-state index >= 15 is 0 Å². The Bertz CT molecular complexity index is 430. The van der Waals surface area contributed by atoms with Crippen LogP contribution in [0.25, 0.3) is 11.5 Å². The summed E-state index contributed by atoms with van der Waals surface area (Å²) in [6.07, 6.45) is 0. The van der Waals surface area contributed by atoms with Crippen LogP contribution in [-0.2, 0) is 0 Å². The normalized spacial score (nSPS) is 10.3. The summed E-state index contributed by atoms with van der Waals surface area (Å²) in [4.78, 5) is 3.92. The Morgan fingerprint density at radius 1 is 1.31 bits per heavy atom. The molecule has 2 rings (SSSR count). The van der Waals surface area contributed by atoms with Gasteiger partial charge in [-0.2, -0.15) is 4.98 Å². The van der Waals surface area contributed by atoms with Crippen molar-refractivity contribution in [2.24, 2.45) is 0 Å². The minimum absolute atomic E-state index is 0.134. The Kier molecular flexibility index (Phi) is 2.50. The molecule has 13 heavy (non-hydrogen) atoms. The van der Waals surface area contributed by atoms with Crippen LogP contribution in [-0.4, -0.2) is 10.1 Å². The largest absolute Gasteiger partial charge is 0.333 e. The lowest BCUT2D eigenvalue weighted by atomic mass is 10.2. The van der Waals surface area contributed by atoms with Crippen LogP contribution in [0.2, 0.25) is 5.28 Å². The number of rotatable bonds is 1. The molecule has 0 fully saturated rings. The highest BCUT2D eigenvalue weighted by Gasteiger charge is 2.09. The van der Waals surface area contributed by atoms with E-state index in [1.165, 1.54) is 0 Å². The maximum atomic E-state index is 5.54. The van der Waals surface area contributed by atoms with Crippen LogP contribution in [0.3, 0.4) is 0 Å². The van der Waals surface area contributed by atoms with Crippen LogP contribution in [0.5, 0.6) is 0 Å². The standard InChI is InChI=1S/C8H4ClIN2O/c9-8-11-7(13-12-8)5-3-1-2-4-6(5)10/h1-4H. The predicted molar refractivity (Wildman–Crippen MR) is 57.5 cm³/mol. The molecule has 0 spiro atoms. The van der Waals surface area contributed by atoms with Gasteiger partial charge in [-0.1, -0.05) is 12.1 Å². The SMILES string of the molecule is Clc1noc(-c2ccccc2I)n1. The van der Waals surface area contributed by atoms with Gasteiger partial charge in [0.2, 0.25) is 0 Å². The highest BCUT2D eigenvalue weighted by atomic mass is 127. The highest BCUT2D eigenvalue weighted by Crippen LogP contribution is 2.23. The van der Waals surface area contributed by atoms with E-state index in [2.05, 4.69) is 32.7 Å². The molecule has 1 aromatic heterocycles. The second kappa shape index (κ2) is 3.63. The lowest BCUT2D eigenvalue weighted by Crippen LogP contribution is -1.80. The lowest BCUT2D eigenvalue weighted by Gasteiger charge is -1.95. The van der Waals surface area contributed by atoms with Gasteiger partial charge in [-0.3, -0.25) is 0 Å². The number of hydrogen-bond acceptors (Lipinski definition) is 3. The molecule has 3 nitrogen and oxygen atoms in total. The van der Waals surface area contributed by atoms with Crippen LogP contribution in [0.1, 0.15) is 0 Å². The Morgan fingerprint density at radius 2 is 2.08 bits per heavy atom. The molecule has 0 saturated carbocycles. The quantitative estimate of drug-likeness (QED) is 0.760. The fourth-order valence-corrected chi connectivity index (χ4v) is 1.68. The summed E-state index contributed by atoms with van der Waals surface area (Å²) < 4.78 is 5.99. The Labute approximate surface area is 93.2 Å². The average Bonchev–Trinajstić information content (AvgIpc) is 2.53. The molecule has 1 heterocycles. The van der Waals surface area contributed by atoms with Crippen molar-refractivity contribution < 1.29 is 4.52 Å². The summed E-state index contributed by atoms with van der Waals surface area (Å²) in [6.45, 7) is 0. The minimum Gasteiger partial charge on any atom is -0.333 e. The van der Waals surface area contributed by atoms with Gasteiger partial charge in [-0.15, -0.1) is 0 Å². The van der Waals surface area contributed by atoms with Gasteiger partial charge >= 0.3 is 0 Å². The van der Waals surface area contributed by atoms with Crippen molar-refractivity contribution >= 4 is 34.2 Å². The molecule has 0 amide bonds. The number of nitrogens with zero attached hydrogens (tertiary/aromatic N) is 2. The molecule has 1 aromatic carbocycles. The molecule has 0 bridgehead atoms. The summed E-state index contributed by atoms with van der Waals surface area (Å²) in [5.41, 5.74) is 0.905. The molecule has 0 radical (unpaired) electrons. The Morgan fingerprint density at radius 3 is 2.69 bits per heavy atom. The van der Waals surface area contributed by atoms with Crippen molar-refractivity contribution in [3.8, 4) is 11.5 Å². The van der Waals surface area contributed by atoms with Crippen molar-refractivity contribution in [2.75, 3.05) is 0 Å². The smallest absolute Gasteiger partial charge is 0.264 e. The number of halogens is 2. The van der Waals surface area contributed by atoms with Crippen LogP contribution in [0.15, 0.2) is 28.8 Å². The molecule has 0 atom stereocenters. The molecule has 2 aromatic rings. The van der Waals surface area contributed by atoms with Crippen molar-refractivity contribution in [3.05, 3.63) is 33.1 Å². The second-order valence-electron chi connectivity index (χ2n) is 2.35. The van der Waals surface area contributed by atoms with Gasteiger partial charge in [0.05, 0.1) is 5.56 Å². The zero-order valence-electron chi connectivity index (χ0n) is 6.37. The van der Waals surface area contributed by atoms with Crippen LogP contribution >= 0.6 is 34.2 Å². The summed E-state index contributed by atoms with van der Waals surface area (Å²) >= 11 is 7.75. The Hall–Kier alpha value is -0.620. The first-order valence-electron chi connectivity index (χ1n) is 3.51. The minimum atomic E-state index is 0.134. The van der Waals surface area contributed by atoms with Gasteiger partial charge in [-0.05, 0) is 51.5 Å². The van der Waals surface area contributed by atoms with E-state index in [0.717, 1.165) is 9.13 Å². The summed E-state index contributed by atoms with van der Waals surface area (Å²) in [7, 11) is 0. The van der Waals surface area contributed by atoms with Crippen LogP contribution in [0.4, 0.5) is 0 Å². The lowest BCUT2D eigenvalue weighted by molar-refractivity contribution is 0.430. The third-order valence-corrected chi connectivity index (χ3v) is 2.60. The van der Waals surface area contributed by atoms with Gasteiger partial charge in [0.1, 0.15) is 0 Å². The summed E-state index contributed by atoms with van der Waals surface area (Å²) in [5, 5.41) is 3.64. The molecule has 0 saturated heterocycles. The van der Waals surface area contributed by atoms with E-state index in [0.29, 0.717) is 5.89 Å². The van der Waals surface area contributed by atoms with Crippen molar-refractivity contribution in [2.45, 2.75) is 0 Å². The topological polar surface area (TPSA) is 38.9 Å². The first kappa shape index (κ1) is 8.96. The van der Waals surface area contributed by atoms with E-state index in [1.807, 2.05) is 24.3 Å². The monoisotopic (exact) mass is 306 g/mol. The zero-order chi connectivity index (χ0) is 9.26. The number of hydrogen-bond donors (Lipinski definition) is 0. The van der Waals surface area contributed by atoms with Gasteiger partial charge < -0.3 is 4.52 Å². The van der Waals surface area contributed by atoms with Gasteiger partial charge in [0.15, 0.2) is 0 Å². The van der Waals surface area contributed by atoms with Crippen LogP contribution < -0.4 is 0 Å². The van der Waals surface area contributed by atoms with Gasteiger partial charge in [-0.25, -0.2) is 0 Å². The first-order chi connectivity index (χ1) is 6.27. The third kappa shape index (κ3) is 1.83. The van der Waals surface area contributed by atoms with Gasteiger partial charge in [0.25, 0.3) is 11.2 Å². The predicted octanol–water partition coefficient (Wildman–Crippen LogP) is 2.99. The Balaban J connectivity index is 2.52. The molecule has 66 valence electrons. The molecular weight excluding hydrogens is 302 g/mol. The van der Waals surface area contributed by atoms with Crippen molar-refractivity contribution in [1.29, 1.82) is 0 Å². The number of aromatic nitrogens is 2. The summed E-state index contributed by atoms with van der Waals surface area (Å²) in [6, 6.07) is 7.73. The van der Waals surface area contributed by atoms with E-state index in [-0.39, 0.29) is 5.28 Å².